The quantitative estimate of drug-likeness (QED) is 0.332. The molecule has 5 aromatic heterocycles. The topological polar surface area (TPSA) is 108 Å². The molecule has 0 aromatic carbocycles. The average molecular weight is 493 g/mol. The van der Waals surface area contributed by atoms with Crippen molar-refractivity contribution in [3.8, 4) is 0 Å². The van der Waals surface area contributed by atoms with Crippen molar-refractivity contribution in [3.63, 3.8) is 0 Å². The van der Waals surface area contributed by atoms with Gasteiger partial charge in [-0.25, -0.2) is 19.0 Å². The number of Topliss-reactive ketones (excluding diaryl/α,β-unsaturated/α-hetero) is 1. The Labute approximate surface area is 204 Å². The zero-order valence-corrected chi connectivity index (χ0v) is 19.5. The molecular weight excluding hydrogens is 471 g/mol. The summed E-state index contributed by atoms with van der Waals surface area (Å²) in [4.78, 5) is 21.7. The number of aromatic nitrogens is 7. The van der Waals surface area contributed by atoms with Crippen LogP contribution in [0.5, 0.6) is 0 Å². The van der Waals surface area contributed by atoms with Gasteiger partial charge in [-0.1, -0.05) is 16.8 Å². The molecule has 5 aromatic rings. The molecule has 1 fully saturated rings. The molecule has 9 nitrogen and oxygen atoms in total. The summed E-state index contributed by atoms with van der Waals surface area (Å²) < 4.78 is 19.6. The molecule has 5 heterocycles. The predicted molar refractivity (Wildman–Crippen MR) is 127 cm³/mol. The van der Waals surface area contributed by atoms with Crippen molar-refractivity contribution in [2.75, 3.05) is 0 Å². The van der Waals surface area contributed by atoms with E-state index in [2.05, 4.69) is 27.6 Å². The highest BCUT2D eigenvalue weighted by Gasteiger charge is 2.25. The number of pyridine rings is 2. The van der Waals surface area contributed by atoms with Gasteiger partial charge < -0.3 is 14.5 Å². The van der Waals surface area contributed by atoms with E-state index in [1.165, 1.54) is 30.8 Å². The van der Waals surface area contributed by atoms with Crippen LogP contribution in [0.1, 0.15) is 58.2 Å². The van der Waals surface area contributed by atoms with Gasteiger partial charge in [0.15, 0.2) is 11.6 Å². The molecule has 0 unspecified atom stereocenters. The van der Waals surface area contributed by atoms with Crippen molar-refractivity contribution in [3.05, 3.63) is 82.3 Å². The summed E-state index contributed by atoms with van der Waals surface area (Å²) >= 11 is 5.89. The molecule has 1 saturated carbocycles. The maximum atomic E-state index is 14.4. The van der Waals surface area contributed by atoms with Crippen LogP contribution < -0.4 is 5.73 Å². The Hall–Kier alpha value is -3.63. The van der Waals surface area contributed by atoms with Gasteiger partial charge in [-0.2, -0.15) is 0 Å². The molecule has 6 rings (SSSR count). The molecule has 35 heavy (non-hydrogen) atoms. The van der Waals surface area contributed by atoms with Crippen molar-refractivity contribution >= 4 is 28.5 Å². The molecule has 0 spiro atoms. The summed E-state index contributed by atoms with van der Waals surface area (Å²) in [6.45, 7) is 0.796. The van der Waals surface area contributed by atoms with E-state index in [0.717, 1.165) is 16.9 Å². The Morgan fingerprint density at radius 3 is 2.89 bits per heavy atom. The SMILES string of the molecule is NCc1cc(C2CC2)cn2cc(Cn3cc(C(=O)CCc4ncn5ccc(Cl)c(F)c45)nn3)nc12. The van der Waals surface area contributed by atoms with Crippen LogP contribution in [0.3, 0.4) is 0 Å². The molecular formula is C24H22ClFN8O. The van der Waals surface area contributed by atoms with E-state index in [4.69, 9.17) is 22.3 Å². The molecule has 2 N–H and O–H groups in total. The Morgan fingerprint density at radius 2 is 2.09 bits per heavy atom. The lowest BCUT2D eigenvalue weighted by molar-refractivity contribution is 0.0977. The first-order chi connectivity index (χ1) is 17.0. The summed E-state index contributed by atoms with van der Waals surface area (Å²) in [7, 11) is 0. The number of ketones is 1. The smallest absolute Gasteiger partial charge is 0.185 e. The van der Waals surface area contributed by atoms with Crippen molar-refractivity contribution in [1.82, 2.24) is 33.8 Å². The van der Waals surface area contributed by atoms with Gasteiger partial charge in [0.1, 0.15) is 16.9 Å². The number of carbonyl (C=O) groups excluding carboxylic acids is 1. The van der Waals surface area contributed by atoms with E-state index in [1.54, 1.807) is 21.5 Å². The summed E-state index contributed by atoms with van der Waals surface area (Å²) in [6, 6.07) is 3.61. The number of aryl methyl sites for hydroxylation is 1. The maximum absolute atomic E-state index is 14.4. The van der Waals surface area contributed by atoms with Gasteiger partial charge in [-0.15, -0.1) is 5.10 Å². The Balaban J connectivity index is 1.16. The second kappa shape index (κ2) is 8.54. The lowest BCUT2D eigenvalue weighted by atomic mass is 10.1. The van der Waals surface area contributed by atoms with Gasteiger partial charge in [0.05, 0.1) is 35.5 Å². The zero-order valence-electron chi connectivity index (χ0n) is 18.7. The summed E-state index contributed by atoms with van der Waals surface area (Å²) in [5.74, 6) is -0.128. The molecule has 1 aliphatic rings. The van der Waals surface area contributed by atoms with Gasteiger partial charge >= 0.3 is 0 Å². The van der Waals surface area contributed by atoms with Gasteiger partial charge in [-0.3, -0.25) is 4.79 Å². The van der Waals surface area contributed by atoms with E-state index in [0.29, 0.717) is 24.7 Å². The molecule has 0 bridgehead atoms. The zero-order chi connectivity index (χ0) is 24.1. The molecule has 0 atom stereocenters. The third-order valence-corrected chi connectivity index (χ3v) is 6.66. The van der Waals surface area contributed by atoms with Crippen molar-refractivity contribution < 1.29 is 9.18 Å². The van der Waals surface area contributed by atoms with Crippen LogP contribution in [0.15, 0.2) is 43.2 Å². The Kier molecular flexibility index (Phi) is 5.34. The predicted octanol–water partition coefficient (Wildman–Crippen LogP) is 3.57. The van der Waals surface area contributed by atoms with E-state index in [1.807, 2.05) is 10.6 Å². The molecule has 0 saturated heterocycles. The average Bonchev–Trinajstić information content (AvgIpc) is 3.26. The first kappa shape index (κ1) is 21.9. The van der Waals surface area contributed by atoms with Crippen LogP contribution in [0.4, 0.5) is 4.39 Å². The minimum absolute atomic E-state index is 0.0165. The van der Waals surface area contributed by atoms with Gasteiger partial charge in [0, 0.05) is 37.1 Å². The lowest BCUT2D eigenvalue weighted by Crippen LogP contribution is -2.03. The van der Waals surface area contributed by atoms with E-state index in [9.17, 15) is 9.18 Å². The van der Waals surface area contributed by atoms with E-state index >= 15 is 0 Å². The van der Waals surface area contributed by atoms with Gasteiger partial charge in [0.2, 0.25) is 0 Å². The summed E-state index contributed by atoms with van der Waals surface area (Å²) in [6.07, 6.45) is 11.6. The number of carbonyl (C=O) groups is 1. The van der Waals surface area contributed by atoms with Crippen LogP contribution in [-0.2, 0) is 19.5 Å². The fourth-order valence-electron chi connectivity index (χ4n) is 4.41. The number of rotatable bonds is 8. The molecule has 0 aliphatic heterocycles. The minimum atomic E-state index is -0.547. The fourth-order valence-corrected chi connectivity index (χ4v) is 4.55. The second-order valence-electron chi connectivity index (χ2n) is 8.89. The highest BCUT2D eigenvalue weighted by atomic mass is 35.5. The molecule has 11 heteroatoms. The minimum Gasteiger partial charge on any atom is -0.326 e. The molecule has 0 amide bonds. The highest BCUT2D eigenvalue weighted by Crippen LogP contribution is 2.40. The Bertz CT molecular complexity index is 1580. The van der Waals surface area contributed by atoms with Crippen LogP contribution in [-0.4, -0.2) is 39.5 Å². The summed E-state index contributed by atoms with van der Waals surface area (Å²) in [5.41, 5.74) is 10.9. The van der Waals surface area contributed by atoms with E-state index in [-0.39, 0.29) is 34.9 Å². The second-order valence-corrected chi connectivity index (χ2v) is 9.30. The van der Waals surface area contributed by atoms with Gasteiger partial charge in [0.25, 0.3) is 0 Å². The molecule has 1 aliphatic carbocycles. The normalized spacial score (nSPS) is 13.8. The first-order valence-corrected chi connectivity index (χ1v) is 11.8. The number of fused-ring (bicyclic) bond motifs is 2. The third kappa shape index (κ3) is 4.08. The largest absolute Gasteiger partial charge is 0.326 e. The molecule has 178 valence electrons. The van der Waals surface area contributed by atoms with Crippen molar-refractivity contribution in [1.29, 1.82) is 0 Å². The van der Waals surface area contributed by atoms with E-state index < -0.39 is 5.82 Å². The van der Waals surface area contributed by atoms with Crippen LogP contribution in [0, 0.1) is 5.82 Å². The number of imidazole rings is 2. The number of hydrogen-bond acceptors (Lipinski definition) is 6. The number of halogens is 2. The van der Waals surface area contributed by atoms with Crippen molar-refractivity contribution in [2.24, 2.45) is 5.73 Å². The summed E-state index contributed by atoms with van der Waals surface area (Å²) in [5, 5.41) is 8.14. The number of nitrogens with two attached hydrogens (primary N) is 1. The van der Waals surface area contributed by atoms with Gasteiger partial charge in [-0.05, 0) is 42.9 Å². The van der Waals surface area contributed by atoms with Crippen LogP contribution in [0.2, 0.25) is 5.02 Å². The number of nitrogens with zero attached hydrogens (tertiary/aromatic N) is 7. The van der Waals surface area contributed by atoms with Crippen LogP contribution >= 0.6 is 11.6 Å². The highest BCUT2D eigenvalue weighted by molar-refractivity contribution is 6.31. The maximum Gasteiger partial charge on any atom is 0.185 e. The van der Waals surface area contributed by atoms with Crippen LogP contribution in [0.25, 0.3) is 11.2 Å². The first-order valence-electron chi connectivity index (χ1n) is 11.4. The Morgan fingerprint density at radius 1 is 1.23 bits per heavy atom. The van der Waals surface area contributed by atoms with Crippen molar-refractivity contribution in [2.45, 2.75) is 44.7 Å². The fraction of sp³-hybridized carbons (Fsp3) is 0.292. The number of hydrogen-bond donors (Lipinski definition) is 1. The monoisotopic (exact) mass is 492 g/mol. The third-order valence-electron chi connectivity index (χ3n) is 6.37. The lowest BCUT2D eigenvalue weighted by Gasteiger charge is -2.05. The molecule has 0 radical (unpaired) electrons. The standard InChI is InChI=1S/C24H22ClFN8O/c25-18-5-6-32-13-28-19(23(32)22(18)26)3-4-21(35)20-12-34(31-30-20)11-17-10-33-9-16(14-1-2-14)7-15(8-27)24(33)29-17/h5-7,9-10,12-14H,1-4,8,11,27H2.